The molecule has 0 atom stereocenters. The Morgan fingerprint density at radius 2 is 1.62 bits per heavy atom. The van der Waals surface area contributed by atoms with Crippen molar-refractivity contribution >= 4 is 17.5 Å². The van der Waals surface area contributed by atoms with Gasteiger partial charge in [0.2, 0.25) is 0 Å². The van der Waals surface area contributed by atoms with Crippen LogP contribution in [0, 0.1) is 5.92 Å². The van der Waals surface area contributed by atoms with Gasteiger partial charge in [0, 0.05) is 29.9 Å². The molecule has 5 nitrogen and oxygen atoms in total. The van der Waals surface area contributed by atoms with Crippen LogP contribution in [0.2, 0.25) is 0 Å². The third-order valence-electron chi connectivity index (χ3n) is 4.34. The topological polar surface area (TPSA) is 58.6 Å². The summed E-state index contributed by atoms with van der Waals surface area (Å²) in [7, 11) is 0. The Morgan fingerprint density at radius 1 is 0.966 bits per heavy atom. The molecule has 29 heavy (non-hydrogen) atoms. The lowest BCUT2D eigenvalue weighted by Crippen LogP contribution is -2.32. The Labute approximate surface area is 174 Å². The molecular formula is C24H32N2O3. The van der Waals surface area contributed by atoms with Gasteiger partial charge in [-0.1, -0.05) is 33.8 Å². The molecule has 0 bridgehead atoms. The van der Waals surface area contributed by atoms with E-state index in [9.17, 15) is 9.59 Å². The first-order valence-corrected chi connectivity index (χ1v) is 10.4. The summed E-state index contributed by atoms with van der Waals surface area (Å²) in [5, 5.41) is 2.88. The lowest BCUT2D eigenvalue weighted by Gasteiger charge is -2.21. The molecule has 0 aliphatic rings. The van der Waals surface area contributed by atoms with Crippen molar-refractivity contribution < 1.29 is 14.3 Å². The number of ether oxygens (including phenoxy) is 1. The lowest BCUT2D eigenvalue weighted by molar-refractivity contribution is 0.0755. The van der Waals surface area contributed by atoms with E-state index >= 15 is 0 Å². The molecule has 0 aliphatic carbocycles. The van der Waals surface area contributed by atoms with Crippen molar-refractivity contribution in [2.24, 2.45) is 5.92 Å². The van der Waals surface area contributed by atoms with Crippen LogP contribution in [0.3, 0.4) is 0 Å². The van der Waals surface area contributed by atoms with Crippen LogP contribution in [0.5, 0.6) is 5.75 Å². The number of nitrogens with one attached hydrogen (secondary N) is 1. The molecule has 2 rings (SSSR count). The van der Waals surface area contributed by atoms with Gasteiger partial charge < -0.3 is 15.0 Å². The monoisotopic (exact) mass is 396 g/mol. The zero-order valence-corrected chi connectivity index (χ0v) is 17.9. The summed E-state index contributed by atoms with van der Waals surface area (Å²) < 4.78 is 5.65. The molecule has 0 heterocycles. The molecule has 0 fully saturated rings. The number of benzene rings is 2. The lowest BCUT2D eigenvalue weighted by atomic mass is 10.1. The molecule has 0 aliphatic heterocycles. The first-order valence-electron chi connectivity index (χ1n) is 10.4. The van der Waals surface area contributed by atoms with Crippen LogP contribution < -0.4 is 10.1 Å². The number of hydrogen-bond acceptors (Lipinski definition) is 3. The highest BCUT2D eigenvalue weighted by Gasteiger charge is 2.15. The number of rotatable bonds is 10. The van der Waals surface area contributed by atoms with E-state index in [1.165, 1.54) is 0 Å². The van der Waals surface area contributed by atoms with Crippen molar-refractivity contribution in [2.45, 2.75) is 40.5 Å². The number of amides is 2. The third-order valence-corrected chi connectivity index (χ3v) is 4.34. The maximum atomic E-state index is 12.8. The summed E-state index contributed by atoms with van der Waals surface area (Å²) in [6.07, 6.45) is 1.83. The smallest absolute Gasteiger partial charge is 0.255 e. The molecule has 2 aromatic rings. The van der Waals surface area contributed by atoms with Crippen molar-refractivity contribution in [1.29, 1.82) is 0 Å². The summed E-state index contributed by atoms with van der Waals surface area (Å²) in [5.74, 6) is 0.966. The second-order valence-corrected chi connectivity index (χ2v) is 7.56. The zero-order chi connectivity index (χ0) is 21.2. The molecular weight excluding hydrogens is 364 g/mol. The van der Waals surface area contributed by atoms with Gasteiger partial charge in [0.1, 0.15) is 5.75 Å². The Morgan fingerprint density at radius 3 is 2.21 bits per heavy atom. The van der Waals surface area contributed by atoms with Crippen LogP contribution in [0.4, 0.5) is 5.69 Å². The van der Waals surface area contributed by atoms with E-state index in [0.29, 0.717) is 29.3 Å². The minimum atomic E-state index is -0.219. The van der Waals surface area contributed by atoms with Crippen molar-refractivity contribution in [1.82, 2.24) is 4.90 Å². The van der Waals surface area contributed by atoms with E-state index in [4.69, 9.17) is 4.74 Å². The molecule has 1 N–H and O–H groups in total. The van der Waals surface area contributed by atoms with Gasteiger partial charge in [-0.25, -0.2) is 0 Å². The van der Waals surface area contributed by atoms with Crippen LogP contribution in [-0.2, 0) is 0 Å². The Balaban J connectivity index is 2.05. The largest absolute Gasteiger partial charge is 0.493 e. The maximum Gasteiger partial charge on any atom is 0.255 e. The SMILES string of the molecule is CCCN(CCC)C(=O)c1cccc(NC(=O)c2ccc(OCC(C)C)cc2)c1. The second kappa shape index (κ2) is 11.2. The highest BCUT2D eigenvalue weighted by Crippen LogP contribution is 2.17. The minimum absolute atomic E-state index is 0.00328. The molecule has 0 saturated heterocycles. The average molecular weight is 397 g/mol. The molecule has 0 spiro atoms. The van der Waals surface area contributed by atoms with Crippen molar-refractivity contribution in [3.8, 4) is 5.75 Å². The van der Waals surface area contributed by atoms with Gasteiger partial charge >= 0.3 is 0 Å². The normalized spacial score (nSPS) is 10.7. The molecule has 0 saturated carbocycles. The predicted octanol–water partition coefficient (Wildman–Crippen LogP) is 5.24. The first kappa shape index (κ1) is 22.5. The fourth-order valence-electron chi connectivity index (χ4n) is 2.94. The molecule has 2 aromatic carbocycles. The van der Waals surface area contributed by atoms with Crippen LogP contribution >= 0.6 is 0 Å². The molecule has 2 amide bonds. The predicted molar refractivity (Wildman–Crippen MR) is 118 cm³/mol. The molecule has 0 aromatic heterocycles. The number of anilines is 1. The third kappa shape index (κ3) is 6.93. The fraction of sp³-hybridized carbons (Fsp3) is 0.417. The van der Waals surface area contributed by atoms with Gasteiger partial charge in [-0.2, -0.15) is 0 Å². The minimum Gasteiger partial charge on any atom is -0.493 e. The van der Waals surface area contributed by atoms with Crippen LogP contribution in [0.1, 0.15) is 61.3 Å². The Hall–Kier alpha value is -2.82. The molecule has 0 radical (unpaired) electrons. The summed E-state index contributed by atoms with van der Waals surface area (Å²) in [6, 6.07) is 14.2. The van der Waals surface area contributed by atoms with E-state index in [0.717, 1.165) is 31.7 Å². The molecule has 0 unspecified atom stereocenters. The van der Waals surface area contributed by atoms with E-state index in [1.807, 2.05) is 4.90 Å². The number of nitrogens with zero attached hydrogens (tertiary/aromatic N) is 1. The van der Waals surface area contributed by atoms with Crippen molar-refractivity contribution in [2.75, 3.05) is 25.0 Å². The molecule has 156 valence electrons. The Bertz CT molecular complexity index is 794. The Kier molecular flexibility index (Phi) is 8.71. The van der Waals surface area contributed by atoms with Gasteiger partial charge in [0.25, 0.3) is 11.8 Å². The van der Waals surface area contributed by atoms with E-state index in [-0.39, 0.29) is 11.8 Å². The average Bonchev–Trinajstić information content (AvgIpc) is 2.72. The van der Waals surface area contributed by atoms with Gasteiger partial charge in [-0.3, -0.25) is 9.59 Å². The maximum absolute atomic E-state index is 12.8. The zero-order valence-electron chi connectivity index (χ0n) is 17.9. The van der Waals surface area contributed by atoms with Crippen molar-refractivity contribution in [3.05, 3.63) is 59.7 Å². The summed E-state index contributed by atoms with van der Waals surface area (Å²) >= 11 is 0. The summed E-state index contributed by atoms with van der Waals surface area (Å²) in [5.41, 5.74) is 1.73. The standard InChI is InChI=1S/C24H32N2O3/c1-5-14-26(15-6-2)24(28)20-8-7-9-21(16-20)25-23(27)19-10-12-22(13-11-19)29-17-18(3)4/h7-13,16,18H,5-6,14-15,17H2,1-4H3,(H,25,27). The van der Waals surface area contributed by atoms with Crippen molar-refractivity contribution in [3.63, 3.8) is 0 Å². The molecule has 5 heteroatoms. The van der Waals surface area contributed by atoms with E-state index in [1.54, 1.807) is 48.5 Å². The highest BCUT2D eigenvalue weighted by molar-refractivity contribution is 6.05. The number of hydrogen-bond donors (Lipinski definition) is 1. The van der Waals surface area contributed by atoms with E-state index in [2.05, 4.69) is 33.0 Å². The summed E-state index contributed by atoms with van der Waals surface area (Å²) in [6.45, 7) is 10.4. The van der Waals surface area contributed by atoms with Crippen LogP contribution in [-0.4, -0.2) is 36.4 Å². The van der Waals surface area contributed by atoms with Crippen LogP contribution in [0.15, 0.2) is 48.5 Å². The van der Waals surface area contributed by atoms with Gasteiger partial charge in [-0.15, -0.1) is 0 Å². The first-order chi connectivity index (χ1) is 13.9. The quantitative estimate of drug-likeness (QED) is 0.598. The fourth-order valence-corrected chi connectivity index (χ4v) is 2.94. The van der Waals surface area contributed by atoms with E-state index < -0.39 is 0 Å². The summed E-state index contributed by atoms with van der Waals surface area (Å²) in [4.78, 5) is 27.2. The highest BCUT2D eigenvalue weighted by atomic mass is 16.5. The van der Waals surface area contributed by atoms with Crippen LogP contribution in [0.25, 0.3) is 0 Å². The van der Waals surface area contributed by atoms with Gasteiger partial charge in [-0.05, 0) is 61.2 Å². The number of carbonyl (C=O) groups excluding carboxylic acids is 2. The van der Waals surface area contributed by atoms with Gasteiger partial charge in [0.15, 0.2) is 0 Å². The number of carbonyl (C=O) groups is 2. The van der Waals surface area contributed by atoms with Gasteiger partial charge in [0.05, 0.1) is 6.61 Å². The second-order valence-electron chi connectivity index (χ2n) is 7.56.